The molecule has 2 saturated heterocycles. The van der Waals surface area contributed by atoms with Gasteiger partial charge < -0.3 is 4.90 Å². The highest BCUT2D eigenvalue weighted by molar-refractivity contribution is 7.99. The van der Waals surface area contributed by atoms with E-state index < -0.39 is 0 Å². The van der Waals surface area contributed by atoms with Crippen LogP contribution in [0.2, 0.25) is 0 Å². The maximum atomic E-state index is 12.6. The van der Waals surface area contributed by atoms with Crippen molar-refractivity contribution in [3.63, 3.8) is 0 Å². The minimum Gasteiger partial charge on any atom is -0.341 e. The number of nitrogens with one attached hydrogen (secondary N) is 1. The van der Waals surface area contributed by atoms with Gasteiger partial charge in [0.15, 0.2) is 0 Å². The Morgan fingerprint density at radius 1 is 1.28 bits per heavy atom. The molecule has 2 aliphatic heterocycles. The molecule has 2 aromatic rings. The largest absolute Gasteiger partial charge is 0.341 e. The molecule has 1 amide bonds. The fourth-order valence-corrected chi connectivity index (χ4v) is 4.96. The van der Waals surface area contributed by atoms with Crippen LogP contribution in [-0.4, -0.2) is 63.3 Å². The van der Waals surface area contributed by atoms with E-state index in [1.54, 1.807) is 0 Å². The molecule has 25 heavy (non-hydrogen) atoms. The molecule has 7 heteroatoms. The van der Waals surface area contributed by atoms with Gasteiger partial charge in [-0.05, 0) is 25.5 Å². The fourth-order valence-electron chi connectivity index (χ4n) is 4.22. The SMILES string of the molecule is Cc1nc(SCC(=O)N2C[C@@H]3CN(C)[C@@H](c4ccccc4)[C@@H]3C2)n[nH]1. The van der Waals surface area contributed by atoms with Crippen LogP contribution in [-0.2, 0) is 4.79 Å². The first-order valence-corrected chi connectivity index (χ1v) is 9.65. The maximum Gasteiger partial charge on any atom is 0.233 e. The van der Waals surface area contributed by atoms with Crippen molar-refractivity contribution in [3.8, 4) is 0 Å². The van der Waals surface area contributed by atoms with Gasteiger partial charge in [-0.15, -0.1) is 5.10 Å². The summed E-state index contributed by atoms with van der Waals surface area (Å²) >= 11 is 1.41. The summed E-state index contributed by atoms with van der Waals surface area (Å²) in [5.41, 5.74) is 1.36. The highest BCUT2D eigenvalue weighted by Crippen LogP contribution is 2.44. The molecule has 0 spiro atoms. The predicted octanol–water partition coefficient (Wildman–Crippen LogP) is 1.97. The van der Waals surface area contributed by atoms with Crippen molar-refractivity contribution < 1.29 is 4.79 Å². The van der Waals surface area contributed by atoms with Crippen molar-refractivity contribution in [3.05, 3.63) is 41.7 Å². The lowest BCUT2D eigenvalue weighted by Crippen LogP contribution is -2.34. The number of benzene rings is 1. The Morgan fingerprint density at radius 2 is 2.08 bits per heavy atom. The first-order chi connectivity index (χ1) is 12.1. The van der Waals surface area contributed by atoms with E-state index >= 15 is 0 Å². The zero-order chi connectivity index (χ0) is 17.4. The average molecular weight is 357 g/mol. The van der Waals surface area contributed by atoms with Crippen LogP contribution in [0.3, 0.4) is 0 Å². The van der Waals surface area contributed by atoms with Gasteiger partial charge in [0.2, 0.25) is 11.1 Å². The maximum absolute atomic E-state index is 12.6. The molecular weight excluding hydrogens is 334 g/mol. The smallest absolute Gasteiger partial charge is 0.233 e. The van der Waals surface area contributed by atoms with Crippen LogP contribution in [0.15, 0.2) is 35.5 Å². The van der Waals surface area contributed by atoms with Gasteiger partial charge in [-0.2, -0.15) is 0 Å². The zero-order valence-electron chi connectivity index (χ0n) is 14.6. The minimum absolute atomic E-state index is 0.191. The molecule has 1 aromatic carbocycles. The summed E-state index contributed by atoms with van der Waals surface area (Å²) < 4.78 is 0. The van der Waals surface area contributed by atoms with Crippen molar-refractivity contribution in [2.75, 3.05) is 32.4 Å². The first kappa shape index (κ1) is 16.6. The van der Waals surface area contributed by atoms with Crippen molar-refractivity contribution in [2.45, 2.75) is 18.1 Å². The van der Waals surface area contributed by atoms with Gasteiger partial charge in [0, 0.05) is 31.6 Å². The summed E-state index contributed by atoms with van der Waals surface area (Å²) in [7, 11) is 2.20. The number of aromatic amines is 1. The molecule has 1 aromatic heterocycles. The highest BCUT2D eigenvalue weighted by Gasteiger charge is 2.47. The Kier molecular flexibility index (Phi) is 4.52. The fraction of sp³-hybridized carbons (Fsp3) is 0.500. The number of carbonyl (C=O) groups excluding carboxylic acids is 1. The number of likely N-dealkylation sites (tertiary alicyclic amines) is 2. The number of carbonyl (C=O) groups is 1. The lowest BCUT2D eigenvalue weighted by molar-refractivity contribution is -0.127. The van der Waals surface area contributed by atoms with E-state index in [9.17, 15) is 4.79 Å². The lowest BCUT2D eigenvalue weighted by atomic mass is 9.90. The van der Waals surface area contributed by atoms with Crippen molar-refractivity contribution in [1.29, 1.82) is 0 Å². The van der Waals surface area contributed by atoms with Gasteiger partial charge in [-0.25, -0.2) is 4.98 Å². The summed E-state index contributed by atoms with van der Waals surface area (Å²) in [5, 5.41) is 7.54. The molecule has 2 fully saturated rings. The molecular formula is C18H23N5OS. The zero-order valence-corrected chi connectivity index (χ0v) is 15.4. The number of aryl methyl sites for hydroxylation is 1. The molecule has 6 nitrogen and oxygen atoms in total. The molecule has 0 radical (unpaired) electrons. The second-order valence-electron chi connectivity index (χ2n) is 7.01. The Hall–Kier alpha value is -1.86. The van der Waals surface area contributed by atoms with Gasteiger partial charge in [-0.1, -0.05) is 42.1 Å². The first-order valence-electron chi connectivity index (χ1n) is 8.66. The summed E-state index contributed by atoms with van der Waals surface area (Å²) in [5.74, 6) is 2.46. The highest BCUT2D eigenvalue weighted by atomic mass is 32.2. The minimum atomic E-state index is 0.191. The van der Waals surface area contributed by atoms with Gasteiger partial charge in [0.05, 0.1) is 5.75 Å². The molecule has 0 saturated carbocycles. The van der Waals surface area contributed by atoms with E-state index in [1.165, 1.54) is 17.3 Å². The topological polar surface area (TPSA) is 65.1 Å². The summed E-state index contributed by atoms with van der Waals surface area (Å²) in [6.45, 7) is 4.63. The molecule has 0 bridgehead atoms. The third-order valence-electron chi connectivity index (χ3n) is 5.29. The molecule has 132 valence electrons. The van der Waals surface area contributed by atoms with Crippen LogP contribution in [0.1, 0.15) is 17.4 Å². The molecule has 0 unspecified atom stereocenters. The number of hydrogen-bond donors (Lipinski definition) is 1. The molecule has 3 heterocycles. The lowest BCUT2D eigenvalue weighted by Gasteiger charge is -2.26. The predicted molar refractivity (Wildman–Crippen MR) is 97.2 cm³/mol. The van der Waals surface area contributed by atoms with Gasteiger partial charge in [0.25, 0.3) is 0 Å². The second kappa shape index (κ2) is 6.80. The third kappa shape index (κ3) is 3.30. The molecule has 1 N–H and O–H groups in total. The van der Waals surface area contributed by atoms with Gasteiger partial charge in [0.1, 0.15) is 5.82 Å². The van der Waals surface area contributed by atoms with Crippen molar-refractivity contribution >= 4 is 17.7 Å². The second-order valence-corrected chi connectivity index (χ2v) is 7.95. The standard InChI is InChI=1S/C18H23N5OS/c1-12-19-18(21-20-12)25-11-16(24)23-9-14-8-22(2)17(15(14)10-23)13-6-4-3-5-7-13/h3-7,14-15,17H,8-11H2,1-2H3,(H,19,20,21)/t14-,15+,17-/m0/s1. The molecule has 2 aliphatic rings. The molecule has 4 rings (SSSR count). The van der Waals surface area contributed by atoms with E-state index in [0.717, 1.165) is 25.5 Å². The van der Waals surface area contributed by atoms with E-state index in [4.69, 9.17) is 0 Å². The van der Waals surface area contributed by atoms with Crippen LogP contribution in [0, 0.1) is 18.8 Å². The summed E-state index contributed by atoms with van der Waals surface area (Å²) in [6.07, 6.45) is 0. The van der Waals surface area contributed by atoms with Crippen molar-refractivity contribution in [2.24, 2.45) is 11.8 Å². The number of nitrogens with zero attached hydrogens (tertiary/aromatic N) is 4. The van der Waals surface area contributed by atoms with Crippen molar-refractivity contribution in [1.82, 2.24) is 25.0 Å². The number of rotatable bonds is 4. The van der Waals surface area contributed by atoms with Crippen LogP contribution in [0.25, 0.3) is 0 Å². The van der Waals surface area contributed by atoms with Gasteiger partial charge in [-0.3, -0.25) is 14.8 Å². The number of hydrogen-bond acceptors (Lipinski definition) is 5. The van der Waals surface area contributed by atoms with E-state index in [2.05, 4.69) is 57.5 Å². The number of aromatic nitrogens is 3. The van der Waals surface area contributed by atoms with E-state index in [-0.39, 0.29) is 5.91 Å². The van der Waals surface area contributed by atoms with E-state index in [0.29, 0.717) is 28.8 Å². The van der Waals surface area contributed by atoms with Crippen LogP contribution in [0.4, 0.5) is 0 Å². The third-order valence-corrected chi connectivity index (χ3v) is 6.12. The van der Waals surface area contributed by atoms with Gasteiger partial charge >= 0.3 is 0 Å². The average Bonchev–Trinajstić information content (AvgIpc) is 3.27. The van der Waals surface area contributed by atoms with Crippen LogP contribution in [0.5, 0.6) is 0 Å². The summed E-state index contributed by atoms with van der Waals surface area (Å²) in [6, 6.07) is 11.1. The number of H-pyrrole nitrogens is 1. The number of fused-ring (bicyclic) bond motifs is 1. The number of amides is 1. The molecule has 0 aliphatic carbocycles. The monoisotopic (exact) mass is 357 g/mol. The quantitative estimate of drug-likeness (QED) is 0.848. The van der Waals surface area contributed by atoms with Crippen LogP contribution >= 0.6 is 11.8 Å². The Morgan fingerprint density at radius 3 is 2.80 bits per heavy atom. The molecule has 3 atom stereocenters. The number of thioether (sulfide) groups is 1. The van der Waals surface area contributed by atoms with Crippen LogP contribution < -0.4 is 0 Å². The normalized spacial score (nSPS) is 26.2. The summed E-state index contributed by atoms with van der Waals surface area (Å²) in [4.78, 5) is 21.3. The Balaban J connectivity index is 1.40. The Labute approximate surface area is 152 Å². The Bertz CT molecular complexity index is 749. The van der Waals surface area contributed by atoms with E-state index in [1.807, 2.05) is 11.8 Å².